The van der Waals surface area contributed by atoms with Gasteiger partial charge in [0.15, 0.2) is 6.10 Å². The summed E-state index contributed by atoms with van der Waals surface area (Å²) in [6, 6.07) is 14.3. The van der Waals surface area contributed by atoms with E-state index in [1.807, 2.05) is 35.2 Å². The van der Waals surface area contributed by atoms with E-state index in [9.17, 15) is 22.8 Å². The molecule has 0 aliphatic carbocycles. The molecule has 188 valence electrons. The highest BCUT2D eigenvalue weighted by molar-refractivity contribution is 5.99. The summed E-state index contributed by atoms with van der Waals surface area (Å²) in [5, 5.41) is 3.44. The highest BCUT2D eigenvalue weighted by atomic mass is 19.4. The van der Waals surface area contributed by atoms with Crippen LogP contribution < -0.4 is 10.2 Å². The van der Waals surface area contributed by atoms with Gasteiger partial charge in [-0.25, -0.2) is 9.78 Å². The number of fused-ring (bicyclic) bond motifs is 1. The second kappa shape index (κ2) is 10.8. The van der Waals surface area contributed by atoms with E-state index in [0.29, 0.717) is 37.7 Å². The van der Waals surface area contributed by atoms with Gasteiger partial charge in [0.25, 0.3) is 5.91 Å². The van der Waals surface area contributed by atoms with Crippen LogP contribution in [0.3, 0.4) is 0 Å². The van der Waals surface area contributed by atoms with Gasteiger partial charge in [-0.1, -0.05) is 24.3 Å². The van der Waals surface area contributed by atoms with Gasteiger partial charge < -0.3 is 19.7 Å². The number of anilines is 2. The highest BCUT2D eigenvalue weighted by Gasteiger charge is 2.32. The van der Waals surface area contributed by atoms with Crippen LogP contribution in [0, 0.1) is 0 Å². The lowest BCUT2D eigenvalue weighted by atomic mass is 10.1. The molecule has 7 nitrogen and oxygen atoms in total. The molecule has 2 heterocycles. The molecule has 0 radical (unpaired) electrons. The van der Waals surface area contributed by atoms with Gasteiger partial charge in [-0.05, 0) is 43.3 Å². The molecule has 1 saturated heterocycles. The third-order valence-corrected chi connectivity index (χ3v) is 5.61. The molecular formula is C26H24F3N3O4. The Kier molecular flexibility index (Phi) is 7.54. The lowest BCUT2D eigenvalue weighted by molar-refractivity contribution is -0.148. The predicted molar refractivity (Wildman–Crippen MR) is 129 cm³/mol. The van der Waals surface area contributed by atoms with Gasteiger partial charge in [-0.15, -0.1) is 0 Å². The van der Waals surface area contributed by atoms with Gasteiger partial charge >= 0.3 is 12.1 Å². The molecule has 1 aliphatic heterocycles. The van der Waals surface area contributed by atoms with Gasteiger partial charge in [0.05, 0.1) is 41.4 Å². The van der Waals surface area contributed by atoms with Gasteiger partial charge in [0, 0.05) is 24.6 Å². The van der Waals surface area contributed by atoms with Crippen LogP contribution in [-0.2, 0) is 25.2 Å². The number of alkyl halides is 3. The monoisotopic (exact) mass is 499 g/mol. The number of esters is 1. The molecule has 0 bridgehead atoms. The van der Waals surface area contributed by atoms with Crippen LogP contribution in [0.25, 0.3) is 17.0 Å². The number of ether oxygens (including phenoxy) is 2. The molecule has 1 unspecified atom stereocenters. The van der Waals surface area contributed by atoms with Crippen molar-refractivity contribution in [2.45, 2.75) is 19.2 Å². The minimum atomic E-state index is -4.58. The summed E-state index contributed by atoms with van der Waals surface area (Å²) in [4.78, 5) is 31.2. The lowest BCUT2D eigenvalue weighted by Gasteiger charge is -2.31. The van der Waals surface area contributed by atoms with Crippen molar-refractivity contribution in [2.75, 3.05) is 36.5 Å². The number of carbonyl (C=O) groups is 2. The van der Waals surface area contributed by atoms with Crippen molar-refractivity contribution in [1.29, 1.82) is 0 Å². The number of rotatable bonds is 6. The van der Waals surface area contributed by atoms with Gasteiger partial charge in [-0.3, -0.25) is 4.79 Å². The lowest BCUT2D eigenvalue weighted by Crippen LogP contribution is -2.37. The number of nitrogens with one attached hydrogen (secondary N) is 1. The van der Waals surface area contributed by atoms with Gasteiger partial charge in [0.2, 0.25) is 0 Å². The topological polar surface area (TPSA) is 80.8 Å². The average molecular weight is 499 g/mol. The summed E-state index contributed by atoms with van der Waals surface area (Å²) >= 11 is 0. The normalized spacial score (nSPS) is 15.2. The zero-order chi connectivity index (χ0) is 25.7. The van der Waals surface area contributed by atoms with Gasteiger partial charge in [0.1, 0.15) is 0 Å². The minimum absolute atomic E-state index is 0.0180. The molecule has 3 aromatic rings. The summed E-state index contributed by atoms with van der Waals surface area (Å²) in [6.45, 7) is 3.11. The smallest absolute Gasteiger partial charge is 0.416 e. The number of benzene rings is 2. The van der Waals surface area contributed by atoms with Crippen LogP contribution in [0.4, 0.5) is 24.5 Å². The van der Waals surface area contributed by atoms with Crippen molar-refractivity contribution in [3.63, 3.8) is 0 Å². The Morgan fingerprint density at radius 3 is 2.61 bits per heavy atom. The van der Waals surface area contributed by atoms with Crippen molar-refractivity contribution in [1.82, 2.24) is 4.98 Å². The van der Waals surface area contributed by atoms with Crippen molar-refractivity contribution in [3.8, 4) is 0 Å². The summed E-state index contributed by atoms with van der Waals surface area (Å²) < 4.78 is 50.3. The molecule has 1 N–H and O–H groups in total. The van der Waals surface area contributed by atoms with E-state index in [4.69, 9.17) is 9.47 Å². The number of aromatic nitrogens is 1. The molecule has 1 atom stereocenters. The highest BCUT2D eigenvalue weighted by Crippen LogP contribution is 2.36. The molecule has 0 spiro atoms. The standard InChI is InChI=1S/C26H24F3N3O4/c1-17(36-24(33)11-9-20-8-6-18-4-2-3-5-21(18)30-20)25(34)31-22-16-19(26(27,28)29)7-10-23(22)32-12-14-35-15-13-32/h2-11,16-17H,12-15H2,1H3,(H,31,34)/b11-9+. The first kappa shape index (κ1) is 25.2. The van der Waals surface area contributed by atoms with Crippen molar-refractivity contribution >= 4 is 40.2 Å². The Morgan fingerprint density at radius 1 is 1.11 bits per heavy atom. The maximum absolute atomic E-state index is 13.3. The number of hydrogen-bond acceptors (Lipinski definition) is 6. The Morgan fingerprint density at radius 2 is 1.86 bits per heavy atom. The number of amides is 1. The molecule has 36 heavy (non-hydrogen) atoms. The molecule has 1 aromatic heterocycles. The number of nitrogens with zero attached hydrogens (tertiary/aromatic N) is 2. The first-order chi connectivity index (χ1) is 17.2. The van der Waals surface area contributed by atoms with E-state index in [-0.39, 0.29) is 5.69 Å². The van der Waals surface area contributed by atoms with E-state index in [1.54, 1.807) is 6.07 Å². The summed E-state index contributed by atoms with van der Waals surface area (Å²) in [5.74, 6) is -1.54. The summed E-state index contributed by atoms with van der Waals surface area (Å²) in [7, 11) is 0. The second-order valence-electron chi connectivity index (χ2n) is 8.16. The molecule has 10 heteroatoms. The van der Waals surface area contributed by atoms with Crippen LogP contribution in [0.5, 0.6) is 0 Å². The maximum Gasteiger partial charge on any atom is 0.416 e. The third kappa shape index (κ3) is 6.19. The summed E-state index contributed by atoms with van der Waals surface area (Å²) in [6.07, 6.45) is -3.23. The van der Waals surface area contributed by atoms with E-state index in [0.717, 1.165) is 29.1 Å². The fourth-order valence-corrected chi connectivity index (χ4v) is 3.72. The fourth-order valence-electron chi connectivity index (χ4n) is 3.72. The van der Waals surface area contributed by atoms with Crippen LogP contribution in [0.15, 0.2) is 60.7 Å². The maximum atomic E-state index is 13.3. The molecular weight excluding hydrogens is 475 g/mol. The number of halogens is 3. The van der Waals surface area contributed by atoms with Crippen LogP contribution >= 0.6 is 0 Å². The Labute approximate surface area is 205 Å². The molecule has 1 aliphatic rings. The molecule has 1 fully saturated rings. The fraction of sp³-hybridized carbons (Fsp3) is 0.269. The Balaban J connectivity index is 1.44. The zero-order valence-corrected chi connectivity index (χ0v) is 19.4. The Bertz CT molecular complexity index is 1290. The van der Waals surface area contributed by atoms with Crippen LogP contribution in [-0.4, -0.2) is 49.3 Å². The van der Waals surface area contributed by atoms with E-state index in [1.165, 1.54) is 19.1 Å². The van der Waals surface area contributed by atoms with E-state index < -0.39 is 29.7 Å². The summed E-state index contributed by atoms with van der Waals surface area (Å²) in [5.41, 5.74) is 0.807. The molecule has 1 amide bonds. The van der Waals surface area contributed by atoms with Crippen molar-refractivity contribution in [2.24, 2.45) is 0 Å². The first-order valence-corrected chi connectivity index (χ1v) is 11.3. The zero-order valence-electron chi connectivity index (χ0n) is 19.4. The van der Waals surface area contributed by atoms with Crippen LogP contribution in [0.1, 0.15) is 18.2 Å². The average Bonchev–Trinajstić information content (AvgIpc) is 2.87. The quantitative estimate of drug-likeness (QED) is 0.392. The second-order valence-corrected chi connectivity index (χ2v) is 8.16. The number of hydrogen-bond donors (Lipinski definition) is 1. The van der Waals surface area contributed by atoms with E-state index in [2.05, 4.69) is 10.3 Å². The first-order valence-electron chi connectivity index (χ1n) is 11.3. The molecule has 2 aromatic carbocycles. The van der Waals surface area contributed by atoms with E-state index >= 15 is 0 Å². The Hall–Kier alpha value is -3.92. The minimum Gasteiger partial charge on any atom is -0.449 e. The largest absolute Gasteiger partial charge is 0.449 e. The molecule has 0 saturated carbocycles. The van der Waals surface area contributed by atoms with Crippen LogP contribution in [0.2, 0.25) is 0 Å². The SMILES string of the molecule is CC(OC(=O)/C=C/c1ccc2ccccc2n1)C(=O)Nc1cc(C(F)(F)F)ccc1N1CCOCC1. The molecule has 4 rings (SSSR count). The number of carbonyl (C=O) groups excluding carboxylic acids is 2. The van der Waals surface area contributed by atoms with Crippen molar-refractivity contribution < 1.29 is 32.2 Å². The van der Waals surface area contributed by atoms with Gasteiger partial charge in [-0.2, -0.15) is 13.2 Å². The number of morpholine rings is 1. The third-order valence-electron chi connectivity index (χ3n) is 5.61. The number of pyridine rings is 1. The predicted octanol–water partition coefficient (Wildman–Crippen LogP) is 4.67. The number of para-hydroxylation sites is 1. The van der Waals surface area contributed by atoms with Crippen molar-refractivity contribution in [3.05, 3.63) is 71.9 Å².